The lowest BCUT2D eigenvalue weighted by Crippen LogP contribution is -2.40. The van der Waals surface area contributed by atoms with E-state index in [0.717, 1.165) is 36.2 Å². The lowest BCUT2D eigenvalue weighted by molar-refractivity contribution is 0.00803. The monoisotopic (exact) mass is 294 g/mol. The lowest BCUT2D eigenvalue weighted by atomic mass is 9.69. The molecular formula is C14H22N4OS. The van der Waals surface area contributed by atoms with Crippen LogP contribution in [0.5, 0.6) is 0 Å². The van der Waals surface area contributed by atoms with E-state index in [9.17, 15) is 0 Å². The van der Waals surface area contributed by atoms with Crippen LogP contribution in [-0.2, 0) is 11.8 Å². The summed E-state index contributed by atoms with van der Waals surface area (Å²) in [6, 6.07) is 0. The number of hydrogen-bond acceptors (Lipinski definition) is 5. The Morgan fingerprint density at radius 3 is 2.85 bits per heavy atom. The van der Waals surface area contributed by atoms with Crippen molar-refractivity contribution in [1.82, 2.24) is 14.8 Å². The van der Waals surface area contributed by atoms with Gasteiger partial charge in [0.2, 0.25) is 0 Å². The molecule has 1 N–H and O–H groups in total. The van der Waals surface area contributed by atoms with Crippen molar-refractivity contribution in [2.45, 2.75) is 33.1 Å². The molecule has 1 saturated carbocycles. The summed E-state index contributed by atoms with van der Waals surface area (Å²) in [5, 5.41) is 8.90. The fourth-order valence-electron chi connectivity index (χ4n) is 2.79. The molecule has 3 rings (SSSR count). The highest BCUT2D eigenvalue weighted by atomic mass is 32.1. The predicted molar refractivity (Wildman–Crippen MR) is 82.4 cm³/mol. The van der Waals surface area contributed by atoms with Crippen molar-refractivity contribution >= 4 is 26.8 Å². The first-order valence-electron chi connectivity index (χ1n) is 7.25. The van der Waals surface area contributed by atoms with Gasteiger partial charge in [0, 0.05) is 25.6 Å². The first-order valence-corrected chi connectivity index (χ1v) is 8.07. The molecule has 2 aromatic rings. The Morgan fingerprint density at radius 2 is 2.25 bits per heavy atom. The van der Waals surface area contributed by atoms with Crippen LogP contribution in [0.3, 0.4) is 0 Å². The number of rotatable bonds is 6. The van der Waals surface area contributed by atoms with E-state index < -0.39 is 0 Å². The Balaban J connectivity index is 1.68. The summed E-state index contributed by atoms with van der Waals surface area (Å²) in [4.78, 5) is 4.64. The highest BCUT2D eigenvalue weighted by Gasteiger charge is 2.37. The molecule has 1 aliphatic carbocycles. The molecule has 0 atom stereocenters. The molecule has 1 fully saturated rings. The van der Waals surface area contributed by atoms with E-state index in [1.54, 1.807) is 11.3 Å². The number of nitrogens with one attached hydrogen (secondary N) is 1. The molecule has 0 saturated heterocycles. The van der Waals surface area contributed by atoms with E-state index in [4.69, 9.17) is 4.74 Å². The van der Waals surface area contributed by atoms with Gasteiger partial charge >= 0.3 is 0 Å². The van der Waals surface area contributed by atoms with E-state index in [1.807, 2.05) is 18.7 Å². The van der Waals surface area contributed by atoms with Crippen LogP contribution in [0.25, 0.3) is 10.3 Å². The molecule has 0 radical (unpaired) electrons. The van der Waals surface area contributed by atoms with Gasteiger partial charge in [0.15, 0.2) is 10.8 Å². The Labute approximate surface area is 123 Å². The smallest absolute Gasteiger partial charge is 0.185 e. The molecule has 6 heteroatoms. The second-order valence-corrected chi connectivity index (χ2v) is 6.72. The quantitative estimate of drug-likeness (QED) is 0.890. The summed E-state index contributed by atoms with van der Waals surface area (Å²) in [5.74, 6) is 0. The predicted octanol–water partition coefficient (Wildman–Crippen LogP) is 2.96. The zero-order chi connectivity index (χ0) is 14.2. The number of aromatic nitrogens is 3. The van der Waals surface area contributed by atoms with Crippen LogP contribution in [0.1, 0.15) is 31.9 Å². The van der Waals surface area contributed by atoms with Gasteiger partial charge in [-0.3, -0.25) is 0 Å². The summed E-state index contributed by atoms with van der Waals surface area (Å²) in [5.41, 5.74) is 2.35. The number of aryl methyl sites for hydroxylation is 2. The van der Waals surface area contributed by atoms with Gasteiger partial charge in [0.1, 0.15) is 0 Å². The van der Waals surface area contributed by atoms with Crippen molar-refractivity contribution < 1.29 is 4.74 Å². The molecule has 0 amide bonds. The number of thiazole rings is 1. The maximum Gasteiger partial charge on any atom is 0.185 e. The largest absolute Gasteiger partial charge is 0.381 e. The lowest BCUT2D eigenvalue weighted by Gasteiger charge is -2.41. The van der Waals surface area contributed by atoms with Crippen LogP contribution in [0.15, 0.2) is 0 Å². The van der Waals surface area contributed by atoms with Crippen LogP contribution in [0.2, 0.25) is 0 Å². The standard InChI is InChI=1S/C14H22N4OS/c1-4-19-9-14(6-5-7-14)8-15-13-16-12-11(20-13)10(2)17-18(12)3/h4-9H2,1-3H3,(H,15,16). The van der Waals surface area contributed by atoms with Gasteiger partial charge < -0.3 is 10.1 Å². The normalized spacial score (nSPS) is 17.4. The fourth-order valence-corrected chi connectivity index (χ4v) is 3.72. The fraction of sp³-hybridized carbons (Fsp3) is 0.714. The Bertz CT molecular complexity index is 565. The molecule has 0 aromatic carbocycles. The number of nitrogens with zero attached hydrogens (tertiary/aromatic N) is 3. The molecule has 0 aliphatic heterocycles. The number of hydrogen-bond donors (Lipinski definition) is 1. The van der Waals surface area contributed by atoms with Gasteiger partial charge in [0.25, 0.3) is 0 Å². The van der Waals surface area contributed by atoms with Gasteiger partial charge in [-0.05, 0) is 26.7 Å². The minimum absolute atomic E-state index is 0.321. The van der Waals surface area contributed by atoms with E-state index in [1.165, 1.54) is 24.0 Å². The van der Waals surface area contributed by atoms with Crippen LogP contribution < -0.4 is 5.32 Å². The number of ether oxygens (including phenoxy) is 1. The van der Waals surface area contributed by atoms with E-state index in [0.29, 0.717) is 5.41 Å². The SMILES string of the molecule is CCOCC1(CNc2nc3c(s2)c(C)nn3C)CCC1. The second kappa shape index (κ2) is 5.33. The van der Waals surface area contributed by atoms with Crippen LogP contribution in [0.4, 0.5) is 5.13 Å². The summed E-state index contributed by atoms with van der Waals surface area (Å²) in [6.45, 7) is 6.71. The van der Waals surface area contributed by atoms with Crippen molar-refractivity contribution in [3.05, 3.63) is 5.69 Å². The third kappa shape index (κ3) is 2.42. The molecule has 2 heterocycles. The van der Waals surface area contributed by atoms with Crippen molar-refractivity contribution in [1.29, 1.82) is 0 Å². The molecule has 5 nitrogen and oxygen atoms in total. The zero-order valence-corrected chi connectivity index (χ0v) is 13.2. The van der Waals surface area contributed by atoms with Crippen molar-refractivity contribution in [2.24, 2.45) is 12.5 Å². The third-order valence-electron chi connectivity index (χ3n) is 4.19. The Kier molecular flexibility index (Phi) is 3.69. The maximum atomic E-state index is 5.64. The van der Waals surface area contributed by atoms with Crippen LogP contribution in [0, 0.1) is 12.3 Å². The molecule has 0 spiro atoms. The summed E-state index contributed by atoms with van der Waals surface area (Å²) >= 11 is 1.70. The van der Waals surface area contributed by atoms with Gasteiger partial charge in [-0.25, -0.2) is 9.67 Å². The third-order valence-corrected chi connectivity index (χ3v) is 5.30. The highest BCUT2D eigenvalue weighted by Crippen LogP contribution is 2.41. The van der Waals surface area contributed by atoms with Crippen molar-refractivity contribution in [2.75, 3.05) is 25.1 Å². The molecule has 110 valence electrons. The van der Waals surface area contributed by atoms with Crippen molar-refractivity contribution in [3.63, 3.8) is 0 Å². The topological polar surface area (TPSA) is 52.0 Å². The number of fused-ring (bicyclic) bond motifs is 1. The van der Waals surface area contributed by atoms with Gasteiger partial charge in [-0.15, -0.1) is 0 Å². The average Bonchev–Trinajstić information content (AvgIpc) is 2.91. The second-order valence-electron chi connectivity index (χ2n) is 5.73. The average molecular weight is 294 g/mol. The first-order chi connectivity index (χ1) is 9.63. The maximum absolute atomic E-state index is 5.64. The molecule has 2 aromatic heterocycles. The van der Waals surface area contributed by atoms with Crippen molar-refractivity contribution in [3.8, 4) is 0 Å². The van der Waals surface area contributed by atoms with Crippen LogP contribution in [-0.4, -0.2) is 34.5 Å². The molecule has 0 unspecified atom stereocenters. The zero-order valence-electron chi connectivity index (χ0n) is 12.4. The van der Waals surface area contributed by atoms with Gasteiger partial charge in [0.05, 0.1) is 17.0 Å². The first kappa shape index (κ1) is 13.8. The van der Waals surface area contributed by atoms with E-state index >= 15 is 0 Å². The summed E-state index contributed by atoms with van der Waals surface area (Å²) in [6.07, 6.45) is 3.83. The highest BCUT2D eigenvalue weighted by molar-refractivity contribution is 7.22. The Hall–Kier alpha value is -1.14. The molecular weight excluding hydrogens is 272 g/mol. The summed E-state index contributed by atoms with van der Waals surface area (Å²) in [7, 11) is 1.95. The molecule has 0 bridgehead atoms. The minimum Gasteiger partial charge on any atom is -0.381 e. The van der Waals surface area contributed by atoms with Crippen LogP contribution >= 0.6 is 11.3 Å². The van der Waals surface area contributed by atoms with E-state index in [-0.39, 0.29) is 0 Å². The summed E-state index contributed by atoms with van der Waals surface area (Å²) < 4.78 is 8.68. The van der Waals surface area contributed by atoms with Gasteiger partial charge in [-0.1, -0.05) is 17.8 Å². The van der Waals surface area contributed by atoms with E-state index in [2.05, 4.69) is 22.3 Å². The van der Waals surface area contributed by atoms with Gasteiger partial charge in [-0.2, -0.15) is 5.10 Å². The Morgan fingerprint density at radius 1 is 1.45 bits per heavy atom. The molecule has 20 heavy (non-hydrogen) atoms. The minimum atomic E-state index is 0.321. The number of anilines is 1. The molecule has 1 aliphatic rings.